The van der Waals surface area contributed by atoms with E-state index in [4.69, 9.17) is 22.4 Å². The van der Waals surface area contributed by atoms with Gasteiger partial charge in [-0.25, -0.2) is 13.1 Å². The molecule has 1 aromatic carbocycles. The number of rotatable bonds is 6. The Morgan fingerprint density at radius 3 is 2.72 bits per heavy atom. The highest BCUT2D eigenvalue weighted by Gasteiger charge is 2.22. The van der Waals surface area contributed by atoms with E-state index in [9.17, 15) is 8.42 Å². The van der Waals surface area contributed by atoms with E-state index in [1.54, 1.807) is 13.0 Å². The van der Waals surface area contributed by atoms with Gasteiger partial charge in [0.2, 0.25) is 10.0 Å². The van der Waals surface area contributed by atoms with Gasteiger partial charge in [0.15, 0.2) is 0 Å². The zero-order valence-corrected chi connectivity index (χ0v) is 11.6. The summed E-state index contributed by atoms with van der Waals surface area (Å²) in [7, 11) is -3.74. The first-order chi connectivity index (χ1) is 8.38. The van der Waals surface area contributed by atoms with Crippen molar-refractivity contribution in [3.63, 3.8) is 0 Å². The van der Waals surface area contributed by atoms with E-state index in [0.29, 0.717) is 12.8 Å². The number of hydrogen-bond acceptors (Lipinski definition) is 4. The van der Waals surface area contributed by atoms with E-state index < -0.39 is 10.0 Å². The first-order valence-corrected chi connectivity index (χ1v) is 7.41. The van der Waals surface area contributed by atoms with E-state index in [1.165, 1.54) is 12.1 Å². The average molecular weight is 293 g/mol. The van der Waals surface area contributed by atoms with Gasteiger partial charge in [0.05, 0.1) is 10.7 Å². The van der Waals surface area contributed by atoms with Gasteiger partial charge in [0, 0.05) is 12.6 Å². The van der Waals surface area contributed by atoms with Gasteiger partial charge in [0.25, 0.3) is 0 Å². The Hall–Kier alpha value is -0.820. The van der Waals surface area contributed by atoms with Crippen molar-refractivity contribution >= 4 is 27.3 Å². The van der Waals surface area contributed by atoms with Crippen LogP contribution in [0, 0.1) is 0 Å². The normalized spacial score (nSPS) is 13.5. The van der Waals surface area contributed by atoms with Crippen molar-refractivity contribution in [1.29, 1.82) is 0 Å². The predicted octanol–water partition coefficient (Wildman–Crippen LogP) is 1.36. The lowest BCUT2D eigenvalue weighted by Gasteiger charge is -2.15. The lowest BCUT2D eigenvalue weighted by atomic mass is 10.2. The Balaban J connectivity index is 2.93. The molecule has 0 aliphatic carbocycles. The second-order valence-corrected chi connectivity index (χ2v) is 6.10. The number of halogens is 1. The van der Waals surface area contributed by atoms with Gasteiger partial charge in [-0.2, -0.15) is 0 Å². The minimum atomic E-state index is -3.74. The third-order valence-electron chi connectivity index (χ3n) is 2.42. The summed E-state index contributed by atoms with van der Waals surface area (Å²) >= 11 is 5.86. The molecule has 0 heterocycles. The van der Waals surface area contributed by atoms with Gasteiger partial charge in [-0.15, -0.1) is 0 Å². The highest BCUT2D eigenvalue weighted by atomic mass is 35.5. The molecule has 0 fully saturated rings. The largest absolute Gasteiger partial charge is 0.398 e. The van der Waals surface area contributed by atoms with E-state index in [-0.39, 0.29) is 28.3 Å². The number of benzene rings is 1. The summed E-state index contributed by atoms with van der Waals surface area (Å²) in [6.45, 7) is 1.75. The Morgan fingerprint density at radius 1 is 1.50 bits per heavy atom. The highest BCUT2D eigenvalue weighted by molar-refractivity contribution is 7.89. The van der Waals surface area contributed by atoms with Crippen LogP contribution in [0.3, 0.4) is 0 Å². The molecule has 0 amide bonds. The molecule has 1 rings (SSSR count). The maximum absolute atomic E-state index is 12.1. The molecule has 1 atom stereocenters. The smallest absolute Gasteiger partial charge is 0.244 e. The summed E-state index contributed by atoms with van der Waals surface area (Å²) in [5.41, 5.74) is 5.75. The number of anilines is 1. The minimum Gasteiger partial charge on any atom is -0.398 e. The molecule has 7 heteroatoms. The molecule has 18 heavy (non-hydrogen) atoms. The third kappa shape index (κ3) is 3.84. The summed E-state index contributed by atoms with van der Waals surface area (Å²) in [6, 6.07) is 4.26. The highest BCUT2D eigenvalue weighted by Crippen LogP contribution is 2.27. The van der Waals surface area contributed by atoms with Gasteiger partial charge in [0.1, 0.15) is 4.90 Å². The fraction of sp³-hybridized carbons (Fsp3) is 0.455. The predicted molar refractivity (Wildman–Crippen MR) is 72.0 cm³/mol. The van der Waals surface area contributed by atoms with Crippen molar-refractivity contribution in [2.24, 2.45) is 0 Å². The maximum atomic E-state index is 12.1. The zero-order chi connectivity index (χ0) is 13.8. The van der Waals surface area contributed by atoms with Gasteiger partial charge in [-0.05, 0) is 31.9 Å². The number of nitrogens with two attached hydrogens (primary N) is 1. The lowest BCUT2D eigenvalue weighted by Crippen LogP contribution is -2.33. The zero-order valence-electron chi connectivity index (χ0n) is 10.1. The molecule has 5 nitrogen and oxygen atoms in total. The first-order valence-electron chi connectivity index (χ1n) is 5.55. The molecule has 0 aromatic heterocycles. The third-order valence-corrected chi connectivity index (χ3v) is 4.55. The van der Waals surface area contributed by atoms with Crippen molar-refractivity contribution in [1.82, 2.24) is 4.72 Å². The number of nitrogen functional groups attached to an aromatic ring is 1. The molecule has 0 aliphatic rings. The number of nitrogens with one attached hydrogen (secondary N) is 1. The molecule has 0 radical (unpaired) electrons. The molecule has 0 saturated carbocycles. The summed E-state index contributed by atoms with van der Waals surface area (Å²) in [5.74, 6) is 0. The van der Waals surface area contributed by atoms with Crippen LogP contribution in [0.2, 0.25) is 5.02 Å². The Kier molecular flexibility index (Phi) is 5.40. The van der Waals surface area contributed by atoms with E-state index in [1.807, 2.05) is 0 Å². The van der Waals surface area contributed by atoms with Crippen LogP contribution in [0.1, 0.15) is 19.8 Å². The van der Waals surface area contributed by atoms with Crippen molar-refractivity contribution in [2.75, 3.05) is 12.3 Å². The number of aliphatic hydroxyl groups is 1. The molecule has 1 aromatic rings. The summed E-state index contributed by atoms with van der Waals surface area (Å²) in [4.78, 5) is -0.0949. The van der Waals surface area contributed by atoms with Crippen LogP contribution < -0.4 is 10.5 Å². The van der Waals surface area contributed by atoms with Crippen molar-refractivity contribution < 1.29 is 13.5 Å². The molecular formula is C11H17ClN2O3S. The Bertz CT molecular complexity index is 485. The van der Waals surface area contributed by atoms with Crippen LogP contribution in [-0.4, -0.2) is 26.2 Å². The maximum Gasteiger partial charge on any atom is 0.244 e. The van der Waals surface area contributed by atoms with Gasteiger partial charge in [-0.3, -0.25) is 0 Å². The molecule has 4 N–H and O–H groups in total. The average Bonchev–Trinajstić information content (AvgIpc) is 2.25. The SMILES string of the molecule is CC(CCCO)NS(=O)(=O)c1c(N)cccc1Cl. The number of hydrogen-bond donors (Lipinski definition) is 3. The van der Waals surface area contributed by atoms with Gasteiger partial charge in [-0.1, -0.05) is 17.7 Å². The molecule has 0 saturated heterocycles. The first kappa shape index (κ1) is 15.2. The van der Waals surface area contributed by atoms with Gasteiger partial charge < -0.3 is 10.8 Å². The summed E-state index contributed by atoms with van der Waals surface area (Å²) in [5, 5.41) is 8.79. The van der Waals surface area contributed by atoms with Crippen molar-refractivity contribution in [3.8, 4) is 0 Å². The van der Waals surface area contributed by atoms with E-state index >= 15 is 0 Å². The molecule has 0 bridgehead atoms. The second kappa shape index (κ2) is 6.38. The standard InChI is InChI=1S/C11H17ClN2O3S/c1-8(4-3-7-15)14-18(16,17)11-9(12)5-2-6-10(11)13/h2,5-6,8,14-15H,3-4,7,13H2,1H3. The lowest BCUT2D eigenvalue weighted by molar-refractivity contribution is 0.279. The fourth-order valence-corrected chi connectivity index (χ4v) is 3.54. The summed E-state index contributed by atoms with van der Waals surface area (Å²) < 4.78 is 26.7. The van der Waals surface area contributed by atoms with Crippen LogP contribution in [0.25, 0.3) is 0 Å². The van der Waals surface area contributed by atoms with E-state index in [2.05, 4.69) is 4.72 Å². The van der Waals surface area contributed by atoms with E-state index in [0.717, 1.165) is 0 Å². The molecule has 0 spiro atoms. The topological polar surface area (TPSA) is 92.4 Å². The molecular weight excluding hydrogens is 276 g/mol. The van der Waals surface area contributed by atoms with Crippen LogP contribution in [-0.2, 0) is 10.0 Å². The van der Waals surface area contributed by atoms with Crippen LogP contribution in [0.5, 0.6) is 0 Å². The Labute approximate surface area is 112 Å². The van der Waals surface area contributed by atoms with Crippen molar-refractivity contribution in [3.05, 3.63) is 23.2 Å². The monoisotopic (exact) mass is 292 g/mol. The van der Waals surface area contributed by atoms with Gasteiger partial charge >= 0.3 is 0 Å². The fourth-order valence-electron chi connectivity index (χ4n) is 1.59. The Morgan fingerprint density at radius 2 is 2.17 bits per heavy atom. The quantitative estimate of drug-likeness (QED) is 0.690. The van der Waals surface area contributed by atoms with Crippen molar-refractivity contribution in [2.45, 2.75) is 30.7 Å². The summed E-state index contributed by atoms with van der Waals surface area (Å²) in [6.07, 6.45) is 1.07. The molecule has 0 aliphatic heterocycles. The molecule has 102 valence electrons. The number of aliphatic hydroxyl groups excluding tert-OH is 1. The number of sulfonamides is 1. The van der Waals surface area contributed by atoms with Crippen LogP contribution in [0.15, 0.2) is 23.1 Å². The second-order valence-electron chi connectivity index (χ2n) is 4.05. The molecule has 1 unspecified atom stereocenters. The minimum absolute atomic E-state index is 0.0281. The van der Waals surface area contributed by atoms with Crippen LogP contribution >= 0.6 is 11.6 Å². The van der Waals surface area contributed by atoms with Crippen LogP contribution in [0.4, 0.5) is 5.69 Å².